The van der Waals surface area contributed by atoms with E-state index in [0.717, 1.165) is 37.6 Å². The van der Waals surface area contributed by atoms with Gasteiger partial charge in [0.25, 0.3) is 0 Å². The summed E-state index contributed by atoms with van der Waals surface area (Å²) in [6.45, 7) is 15.3. The van der Waals surface area contributed by atoms with E-state index >= 15 is 0 Å². The van der Waals surface area contributed by atoms with E-state index in [0.29, 0.717) is 0 Å². The molecule has 2 heterocycles. The van der Waals surface area contributed by atoms with Crippen molar-refractivity contribution in [2.75, 3.05) is 22.9 Å². The van der Waals surface area contributed by atoms with E-state index < -0.39 is 0 Å². The fourth-order valence-corrected chi connectivity index (χ4v) is 6.25. The first-order chi connectivity index (χ1) is 21.0. The summed E-state index contributed by atoms with van der Waals surface area (Å²) < 4.78 is 0. The molecule has 0 fully saturated rings. The van der Waals surface area contributed by atoms with Gasteiger partial charge < -0.3 is 9.80 Å². The summed E-state index contributed by atoms with van der Waals surface area (Å²) in [5, 5.41) is 0. The van der Waals surface area contributed by atoms with Crippen LogP contribution in [0, 0.1) is 0 Å². The molecule has 0 N–H and O–H groups in total. The van der Waals surface area contributed by atoms with Gasteiger partial charge in [0.15, 0.2) is 11.7 Å². The third-order valence-electron chi connectivity index (χ3n) is 8.78. The van der Waals surface area contributed by atoms with Gasteiger partial charge in [-0.25, -0.2) is 0 Å². The molecule has 4 nitrogen and oxygen atoms in total. The molecule has 0 saturated heterocycles. The topological polar surface area (TPSA) is 31.2 Å². The summed E-state index contributed by atoms with van der Waals surface area (Å²) in [6, 6.07) is 39.8. The van der Waals surface area contributed by atoms with E-state index in [-0.39, 0.29) is 22.9 Å². The third kappa shape index (κ3) is 6.65. The van der Waals surface area contributed by atoms with Crippen molar-refractivity contribution in [2.45, 2.75) is 77.3 Å². The second-order valence-electron chi connectivity index (χ2n) is 14.4. The van der Waals surface area contributed by atoms with Gasteiger partial charge in [-0.15, -0.1) is 0 Å². The summed E-state index contributed by atoms with van der Waals surface area (Å²) in [6.07, 6.45) is 1.81. The molecule has 44 heavy (non-hydrogen) atoms. The van der Waals surface area contributed by atoms with Crippen molar-refractivity contribution in [2.24, 2.45) is 9.98 Å². The Hall–Kier alpha value is -4.18. The number of hydrogen-bond donors (Lipinski definition) is 0. The Labute approximate surface area is 264 Å². The standard InChI is InChI=1S/C40H46N4/c1-39(2,3)31-19-13-21-35(25-31)43-27-33(23-29-15-9-7-10-16-29)41-37(43)38-42-34(24-30-17-11-8-12-18-30)28-44(38)36-22-14-20-32(26-36)40(4,5)6/h7-22,25-26,33-34H,23-24,27-28H2,1-6H3/t33-,34-/m0/s1. The Morgan fingerprint density at radius 2 is 0.909 bits per heavy atom. The highest BCUT2D eigenvalue weighted by atomic mass is 15.4. The molecule has 4 aromatic rings. The molecule has 4 aromatic carbocycles. The molecule has 2 aliphatic rings. The maximum Gasteiger partial charge on any atom is 0.172 e. The van der Waals surface area contributed by atoms with E-state index in [1.807, 2.05) is 0 Å². The average molecular weight is 583 g/mol. The molecular weight excluding hydrogens is 536 g/mol. The number of nitrogens with zero attached hydrogens (tertiary/aromatic N) is 4. The first-order valence-corrected chi connectivity index (χ1v) is 16.0. The monoisotopic (exact) mass is 582 g/mol. The summed E-state index contributed by atoms with van der Waals surface area (Å²) in [4.78, 5) is 15.8. The van der Waals surface area contributed by atoms with Gasteiger partial charge in [0.05, 0.1) is 12.1 Å². The lowest BCUT2D eigenvalue weighted by Crippen LogP contribution is -2.42. The molecular formula is C40H46N4. The molecule has 226 valence electrons. The van der Waals surface area contributed by atoms with Crippen LogP contribution in [0.3, 0.4) is 0 Å². The van der Waals surface area contributed by atoms with Crippen LogP contribution < -0.4 is 9.80 Å². The lowest BCUT2D eigenvalue weighted by molar-refractivity contribution is 0.590. The Kier molecular flexibility index (Phi) is 8.20. The van der Waals surface area contributed by atoms with Gasteiger partial charge in [-0.3, -0.25) is 9.98 Å². The number of aliphatic imine (C=N–C) groups is 2. The maximum absolute atomic E-state index is 5.47. The molecule has 0 aliphatic carbocycles. The first-order valence-electron chi connectivity index (χ1n) is 16.0. The van der Waals surface area contributed by atoms with Crippen LogP contribution in [0.1, 0.15) is 63.8 Å². The van der Waals surface area contributed by atoms with Crippen LogP contribution in [0.4, 0.5) is 11.4 Å². The maximum atomic E-state index is 5.47. The predicted molar refractivity (Wildman–Crippen MR) is 188 cm³/mol. The van der Waals surface area contributed by atoms with Crippen LogP contribution in [0.15, 0.2) is 119 Å². The lowest BCUT2D eigenvalue weighted by atomic mass is 9.87. The summed E-state index contributed by atoms with van der Waals surface area (Å²) >= 11 is 0. The molecule has 0 radical (unpaired) electrons. The van der Waals surface area contributed by atoms with Gasteiger partial charge in [0, 0.05) is 24.5 Å². The Morgan fingerprint density at radius 1 is 0.523 bits per heavy atom. The minimum Gasteiger partial charge on any atom is -0.321 e. The average Bonchev–Trinajstić information content (AvgIpc) is 3.62. The highest BCUT2D eigenvalue weighted by Crippen LogP contribution is 2.33. The molecule has 2 aliphatic heterocycles. The van der Waals surface area contributed by atoms with Crippen molar-refractivity contribution >= 4 is 23.0 Å². The van der Waals surface area contributed by atoms with E-state index in [9.17, 15) is 0 Å². The van der Waals surface area contributed by atoms with Gasteiger partial charge in [-0.05, 0) is 70.2 Å². The van der Waals surface area contributed by atoms with Crippen molar-refractivity contribution in [1.29, 1.82) is 0 Å². The Balaban J connectivity index is 1.43. The van der Waals surface area contributed by atoms with Gasteiger partial charge in [0.2, 0.25) is 0 Å². The van der Waals surface area contributed by atoms with Crippen LogP contribution in [0.2, 0.25) is 0 Å². The first kappa shape index (κ1) is 29.9. The predicted octanol–water partition coefficient (Wildman–Crippen LogP) is 8.64. The number of hydrogen-bond acceptors (Lipinski definition) is 4. The molecule has 2 atom stereocenters. The normalized spacial score (nSPS) is 18.9. The number of rotatable bonds is 7. The highest BCUT2D eigenvalue weighted by molar-refractivity contribution is 6.50. The van der Waals surface area contributed by atoms with Crippen molar-refractivity contribution in [3.05, 3.63) is 131 Å². The van der Waals surface area contributed by atoms with E-state index in [1.54, 1.807) is 0 Å². The molecule has 0 aromatic heterocycles. The summed E-state index contributed by atoms with van der Waals surface area (Å²) in [5.41, 5.74) is 7.76. The zero-order valence-electron chi connectivity index (χ0n) is 27.2. The number of benzene rings is 4. The van der Waals surface area contributed by atoms with Gasteiger partial charge in [0.1, 0.15) is 0 Å². The van der Waals surface area contributed by atoms with Crippen LogP contribution in [-0.4, -0.2) is 36.8 Å². The lowest BCUT2D eigenvalue weighted by Gasteiger charge is -2.29. The minimum atomic E-state index is 0.0571. The van der Waals surface area contributed by atoms with Crippen molar-refractivity contribution in [1.82, 2.24) is 0 Å². The molecule has 0 unspecified atom stereocenters. The van der Waals surface area contributed by atoms with Gasteiger partial charge in [-0.2, -0.15) is 0 Å². The van der Waals surface area contributed by atoms with E-state index in [1.165, 1.54) is 33.6 Å². The molecule has 0 amide bonds. The van der Waals surface area contributed by atoms with Crippen LogP contribution >= 0.6 is 0 Å². The smallest absolute Gasteiger partial charge is 0.172 e. The van der Waals surface area contributed by atoms with Crippen molar-refractivity contribution < 1.29 is 0 Å². The second-order valence-corrected chi connectivity index (χ2v) is 14.4. The zero-order valence-corrected chi connectivity index (χ0v) is 27.2. The fraction of sp³-hybridized carbons (Fsp3) is 0.350. The van der Waals surface area contributed by atoms with Crippen molar-refractivity contribution in [3.8, 4) is 0 Å². The van der Waals surface area contributed by atoms with E-state index in [4.69, 9.17) is 9.98 Å². The SMILES string of the molecule is CC(C)(C)c1cccc(N2C[C@H](Cc3ccccc3)N=C2C2=N[C@@H](Cc3ccccc3)CN2c2cccc(C(C)(C)C)c2)c1. The minimum absolute atomic E-state index is 0.0571. The molecule has 0 saturated carbocycles. The number of anilines is 2. The van der Waals surface area contributed by atoms with Crippen LogP contribution in [0.25, 0.3) is 0 Å². The molecule has 0 spiro atoms. The van der Waals surface area contributed by atoms with Crippen molar-refractivity contribution in [3.63, 3.8) is 0 Å². The van der Waals surface area contributed by atoms with Crippen LogP contribution in [0.5, 0.6) is 0 Å². The van der Waals surface area contributed by atoms with Crippen LogP contribution in [-0.2, 0) is 23.7 Å². The molecule has 0 bridgehead atoms. The summed E-state index contributed by atoms with van der Waals surface area (Å²) in [5.74, 6) is 1.96. The Bertz CT molecular complexity index is 1520. The van der Waals surface area contributed by atoms with Gasteiger partial charge >= 0.3 is 0 Å². The van der Waals surface area contributed by atoms with E-state index in [2.05, 4.69) is 161 Å². The van der Waals surface area contributed by atoms with Gasteiger partial charge in [-0.1, -0.05) is 126 Å². The molecule has 6 rings (SSSR count). The fourth-order valence-electron chi connectivity index (χ4n) is 6.25. The largest absolute Gasteiger partial charge is 0.321 e. The summed E-state index contributed by atoms with van der Waals surface area (Å²) in [7, 11) is 0. The molecule has 4 heteroatoms. The highest BCUT2D eigenvalue weighted by Gasteiger charge is 2.37. The zero-order chi connectivity index (χ0) is 30.9. The third-order valence-corrected chi connectivity index (χ3v) is 8.78. The Morgan fingerprint density at radius 3 is 1.27 bits per heavy atom. The quantitative estimate of drug-likeness (QED) is 0.218. The number of amidine groups is 2. The second kappa shape index (κ2) is 12.1.